The van der Waals surface area contributed by atoms with Gasteiger partial charge in [-0.2, -0.15) is 0 Å². The van der Waals surface area contributed by atoms with Crippen LogP contribution in [-0.4, -0.2) is 24.3 Å². The molecular weight excluding hydrogens is 436 g/mol. The first kappa shape index (κ1) is 21.8. The molecular formula is C25H20ClF2NO3. The van der Waals surface area contributed by atoms with Crippen LogP contribution in [0.25, 0.3) is 10.9 Å². The van der Waals surface area contributed by atoms with Crippen LogP contribution in [0.2, 0.25) is 5.02 Å². The summed E-state index contributed by atoms with van der Waals surface area (Å²) in [5.41, 5.74) is 2.58. The molecule has 0 bridgehead atoms. The van der Waals surface area contributed by atoms with E-state index in [1.54, 1.807) is 24.3 Å². The summed E-state index contributed by atoms with van der Waals surface area (Å²) in [5.74, 6) is -0.984. The normalized spacial score (nSPS) is 11.0. The van der Waals surface area contributed by atoms with Crippen molar-refractivity contribution in [1.82, 2.24) is 4.57 Å². The van der Waals surface area contributed by atoms with E-state index in [2.05, 4.69) is 0 Å². The lowest BCUT2D eigenvalue weighted by atomic mass is 10.1. The van der Waals surface area contributed by atoms with Crippen molar-refractivity contribution < 1.29 is 23.0 Å². The molecule has 0 unspecified atom stereocenters. The topological polar surface area (TPSA) is 40.5 Å². The van der Waals surface area contributed by atoms with Gasteiger partial charge in [0, 0.05) is 40.2 Å². The van der Waals surface area contributed by atoms with Crippen LogP contribution in [0.1, 0.15) is 21.5 Å². The SMILES string of the molecule is COC(=O)c1cccc2c1ccn2Cc1cc(Cl)ccc1OCCc1ccc(F)cc1F. The summed E-state index contributed by atoms with van der Waals surface area (Å²) in [6.45, 7) is 0.672. The molecule has 0 aliphatic rings. The zero-order valence-corrected chi connectivity index (χ0v) is 18.0. The molecule has 1 aromatic heterocycles. The molecule has 1 heterocycles. The first-order chi connectivity index (χ1) is 15.5. The van der Waals surface area contributed by atoms with Crippen LogP contribution in [0, 0.1) is 11.6 Å². The van der Waals surface area contributed by atoms with Crippen molar-refractivity contribution in [3.05, 3.63) is 100 Å². The van der Waals surface area contributed by atoms with E-state index < -0.39 is 17.6 Å². The molecule has 0 saturated heterocycles. The van der Waals surface area contributed by atoms with Crippen LogP contribution in [0.3, 0.4) is 0 Å². The van der Waals surface area contributed by atoms with Crippen LogP contribution in [0.15, 0.2) is 66.9 Å². The van der Waals surface area contributed by atoms with E-state index in [9.17, 15) is 13.6 Å². The van der Waals surface area contributed by atoms with Gasteiger partial charge >= 0.3 is 5.97 Å². The van der Waals surface area contributed by atoms with Gasteiger partial charge in [0.1, 0.15) is 17.4 Å². The molecule has 32 heavy (non-hydrogen) atoms. The Bertz CT molecular complexity index is 1290. The maximum absolute atomic E-state index is 13.9. The highest BCUT2D eigenvalue weighted by Crippen LogP contribution is 2.27. The van der Waals surface area contributed by atoms with Gasteiger partial charge in [-0.1, -0.05) is 23.7 Å². The predicted octanol–water partition coefficient (Wildman–Crippen LogP) is 6.03. The van der Waals surface area contributed by atoms with Crippen LogP contribution in [0.4, 0.5) is 8.78 Å². The largest absolute Gasteiger partial charge is 0.493 e. The van der Waals surface area contributed by atoms with Crippen molar-refractivity contribution in [2.45, 2.75) is 13.0 Å². The molecule has 3 aromatic carbocycles. The Morgan fingerprint density at radius 3 is 2.66 bits per heavy atom. The molecule has 4 nitrogen and oxygen atoms in total. The van der Waals surface area contributed by atoms with Crippen LogP contribution in [-0.2, 0) is 17.7 Å². The maximum atomic E-state index is 13.9. The third-order valence-corrected chi connectivity index (χ3v) is 5.46. The molecule has 0 aliphatic heterocycles. The van der Waals surface area contributed by atoms with E-state index in [1.807, 2.05) is 29.0 Å². The van der Waals surface area contributed by atoms with Crippen LogP contribution >= 0.6 is 11.6 Å². The average Bonchev–Trinajstić information content (AvgIpc) is 3.19. The van der Waals surface area contributed by atoms with Gasteiger partial charge in [0.15, 0.2) is 0 Å². The van der Waals surface area contributed by atoms with E-state index in [0.29, 0.717) is 34.9 Å². The maximum Gasteiger partial charge on any atom is 0.338 e. The Hall–Kier alpha value is -3.38. The Balaban J connectivity index is 1.56. The molecule has 164 valence electrons. The molecule has 0 radical (unpaired) electrons. The van der Waals surface area contributed by atoms with E-state index in [-0.39, 0.29) is 6.61 Å². The minimum absolute atomic E-state index is 0.218. The quantitative estimate of drug-likeness (QED) is 0.319. The smallest absolute Gasteiger partial charge is 0.338 e. The van der Waals surface area contributed by atoms with E-state index >= 15 is 0 Å². The lowest BCUT2D eigenvalue weighted by Gasteiger charge is -2.14. The number of ether oxygens (including phenoxy) is 2. The monoisotopic (exact) mass is 455 g/mol. The Morgan fingerprint density at radius 2 is 1.88 bits per heavy atom. The number of benzene rings is 3. The van der Waals surface area contributed by atoms with E-state index in [1.165, 1.54) is 19.2 Å². The summed E-state index contributed by atoms with van der Waals surface area (Å²) in [4.78, 5) is 12.1. The average molecular weight is 456 g/mol. The number of halogens is 3. The molecule has 0 amide bonds. The number of methoxy groups -OCH3 is 1. The second-order valence-corrected chi connectivity index (χ2v) is 7.70. The number of esters is 1. The van der Waals surface area contributed by atoms with E-state index in [0.717, 1.165) is 22.5 Å². The summed E-state index contributed by atoms with van der Waals surface area (Å²) in [6, 6.07) is 16.1. The van der Waals surface area contributed by atoms with Gasteiger partial charge in [-0.05, 0) is 48.0 Å². The summed E-state index contributed by atoms with van der Waals surface area (Å²) in [5, 5.41) is 1.35. The lowest BCUT2D eigenvalue weighted by Crippen LogP contribution is -2.07. The summed E-state index contributed by atoms with van der Waals surface area (Å²) >= 11 is 6.22. The molecule has 7 heteroatoms. The number of nitrogens with zero attached hydrogens (tertiary/aromatic N) is 1. The highest BCUT2D eigenvalue weighted by atomic mass is 35.5. The number of carbonyl (C=O) groups excluding carboxylic acids is 1. The molecule has 0 saturated carbocycles. The standard InChI is InChI=1S/C25H20ClF2NO3/c1-31-25(30)21-3-2-4-23-20(21)9-11-29(23)15-17-13-18(26)6-8-24(17)32-12-10-16-5-7-19(27)14-22(16)28/h2-9,11,13-14H,10,12,15H2,1H3. The van der Waals surface area contributed by atoms with Gasteiger partial charge in [0.25, 0.3) is 0 Å². The van der Waals surface area contributed by atoms with Gasteiger partial charge in [-0.25, -0.2) is 13.6 Å². The highest BCUT2D eigenvalue weighted by molar-refractivity contribution is 6.30. The minimum atomic E-state index is -0.610. The van der Waals surface area contributed by atoms with Gasteiger partial charge in [-0.3, -0.25) is 0 Å². The molecule has 0 fully saturated rings. The van der Waals surface area contributed by atoms with Crippen LogP contribution in [0.5, 0.6) is 5.75 Å². The molecule has 4 rings (SSSR count). The number of hydrogen-bond donors (Lipinski definition) is 0. The third kappa shape index (κ3) is 4.60. The van der Waals surface area contributed by atoms with Crippen molar-refractivity contribution >= 4 is 28.5 Å². The van der Waals surface area contributed by atoms with E-state index in [4.69, 9.17) is 21.1 Å². The second kappa shape index (κ2) is 9.40. The fraction of sp³-hybridized carbons (Fsp3) is 0.160. The number of rotatable bonds is 7. The Morgan fingerprint density at radius 1 is 1.03 bits per heavy atom. The fourth-order valence-electron chi connectivity index (χ4n) is 3.64. The van der Waals surface area contributed by atoms with Gasteiger partial charge in [-0.15, -0.1) is 0 Å². The number of aromatic nitrogens is 1. The van der Waals surface area contributed by atoms with Crippen molar-refractivity contribution in [3.8, 4) is 5.75 Å². The molecule has 4 aromatic rings. The second-order valence-electron chi connectivity index (χ2n) is 7.26. The van der Waals surface area contributed by atoms with Gasteiger partial charge in [0.2, 0.25) is 0 Å². The molecule has 0 spiro atoms. The molecule has 0 atom stereocenters. The number of fused-ring (bicyclic) bond motifs is 1. The Labute approximate surface area is 188 Å². The first-order valence-corrected chi connectivity index (χ1v) is 10.4. The van der Waals surface area contributed by atoms with Crippen molar-refractivity contribution in [2.24, 2.45) is 0 Å². The van der Waals surface area contributed by atoms with Crippen molar-refractivity contribution in [3.63, 3.8) is 0 Å². The summed E-state index contributed by atoms with van der Waals surface area (Å²) < 4.78 is 39.7. The highest BCUT2D eigenvalue weighted by Gasteiger charge is 2.14. The van der Waals surface area contributed by atoms with Gasteiger partial charge < -0.3 is 14.0 Å². The van der Waals surface area contributed by atoms with Crippen LogP contribution < -0.4 is 4.74 Å². The first-order valence-electron chi connectivity index (χ1n) is 9.97. The molecule has 0 N–H and O–H groups in total. The third-order valence-electron chi connectivity index (χ3n) is 5.23. The fourth-order valence-corrected chi connectivity index (χ4v) is 3.84. The van der Waals surface area contributed by atoms with Crippen molar-refractivity contribution in [1.29, 1.82) is 0 Å². The zero-order valence-electron chi connectivity index (χ0n) is 17.3. The Kier molecular flexibility index (Phi) is 6.42. The van der Waals surface area contributed by atoms with Gasteiger partial charge in [0.05, 0.1) is 25.8 Å². The number of hydrogen-bond acceptors (Lipinski definition) is 3. The summed E-state index contributed by atoms with van der Waals surface area (Å²) in [7, 11) is 1.35. The lowest BCUT2D eigenvalue weighted by molar-refractivity contribution is 0.0603. The zero-order chi connectivity index (χ0) is 22.7. The predicted molar refractivity (Wildman–Crippen MR) is 119 cm³/mol. The molecule has 0 aliphatic carbocycles. The minimum Gasteiger partial charge on any atom is -0.493 e. The van der Waals surface area contributed by atoms with Crippen molar-refractivity contribution in [2.75, 3.05) is 13.7 Å². The summed E-state index contributed by atoms with van der Waals surface area (Å²) in [6.07, 6.45) is 2.18. The number of carbonyl (C=O) groups is 1.